The molecule has 1 amide bonds. The molecule has 5 nitrogen and oxygen atoms in total. The van der Waals surface area contributed by atoms with Crippen molar-refractivity contribution in [1.82, 2.24) is 15.5 Å². The van der Waals surface area contributed by atoms with E-state index in [4.69, 9.17) is 4.99 Å². The number of guanidine groups is 1. The maximum atomic E-state index is 11.8. The number of nitrogens with one attached hydrogen (secondary N) is 2. The molecule has 0 spiro atoms. The molecule has 2 aliphatic carbocycles. The van der Waals surface area contributed by atoms with Crippen LogP contribution < -0.4 is 10.6 Å². The maximum Gasteiger partial charge on any atom is 0.222 e. The fourth-order valence-corrected chi connectivity index (χ4v) is 3.63. The van der Waals surface area contributed by atoms with E-state index in [9.17, 15) is 4.79 Å². The zero-order valence-corrected chi connectivity index (χ0v) is 16.8. The molecule has 1 atom stereocenters. The Kier molecular flexibility index (Phi) is 6.57. The molecular weight excluding hydrogens is 403 g/mol. The van der Waals surface area contributed by atoms with Crippen LogP contribution in [-0.2, 0) is 4.79 Å². The average Bonchev–Trinajstić information content (AvgIpc) is 3.42. The Morgan fingerprint density at radius 2 is 2.00 bits per heavy atom. The third kappa shape index (κ3) is 4.73. The van der Waals surface area contributed by atoms with Crippen LogP contribution in [0.2, 0.25) is 0 Å². The minimum Gasteiger partial charge on any atom is -0.357 e. The first-order chi connectivity index (χ1) is 10.7. The van der Waals surface area contributed by atoms with Gasteiger partial charge in [0.15, 0.2) is 5.96 Å². The number of carbonyl (C=O) groups is 1. The standard InChI is InChI=1S/C17H30N4O.HI/c1-3-15(22)21-10-7-14(11-21)20-16(18-4-2)19-12-17(8-9-17)13-5-6-13;/h13-14H,3-12H2,1-2H3,(H2,18,19,20);1H. The van der Waals surface area contributed by atoms with E-state index >= 15 is 0 Å². The number of carbonyl (C=O) groups excluding carboxylic acids is 1. The lowest BCUT2D eigenvalue weighted by Gasteiger charge is -2.19. The van der Waals surface area contributed by atoms with Gasteiger partial charge in [0.05, 0.1) is 0 Å². The molecule has 0 aromatic heterocycles. The lowest BCUT2D eigenvalue weighted by molar-refractivity contribution is -0.129. The van der Waals surface area contributed by atoms with Crippen LogP contribution in [-0.4, -0.2) is 49.0 Å². The molecule has 3 aliphatic rings. The first-order valence-electron chi connectivity index (χ1n) is 8.99. The van der Waals surface area contributed by atoms with Crippen LogP contribution in [0.25, 0.3) is 0 Å². The zero-order valence-electron chi connectivity index (χ0n) is 14.4. The molecule has 1 aliphatic heterocycles. The number of amides is 1. The molecule has 1 heterocycles. The van der Waals surface area contributed by atoms with Crippen molar-refractivity contribution in [3.63, 3.8) is 0 Å². The summed E-state index contributed by atoms with van der Waals surface area (Å²) in [5, 5.41) is 6.89. The molecule has 2 N–H and O–H groups in total. The van der Waals surface area contributed by atoms with E-state index in [-0.39, 0.29) is 29.9 Å². The fourth-order valence-electron chi connectivity index (χ4n) is 3.63. The van der Waals surface area contributed by atoms with Gasteiger partial charge < -0.3 is 15.5 Å². The number of rotatable bonds is 6. The van der Waals surface area contributed by atoms with Crippen molar-refractivity contribution >= 4 is 35.8 Å². The van der Waals surface area contributed by atoms with Crippen molar-refractivity contribution in [3.8, 4) is 0 Å². The molecule has 6 heteroatoms. The molecule has 1 unspecified atom stereocenters. The summed E-state index contributed by atoms with van der Waals surface area (Å²) >= 11 is 0. The second-order valence-electron chi connectivity index (χ2n) is 7.16. The van der Waals surface area contributed by atoms with Crippen molar-refractivity contribution in [1.29, 1.82) is 0 Å². The summed E-state index contributed by atoms with van der Waals surface area (Å²) in [4.78, 5) is 18.6. The number of nitrogens with zero attached hydrogens (tertiary/aromatic N) is 2. The van der Waals surface area contributed by atoms with Crippen LogP contribution in [0.15, 0.2) is 4.99 Å². The number of halogens is 1. The van der Waals surface area contributed by atoms with Gasteiger partial charge in [-0.3, -0.25) is 9.79 Å². The van der Waals surface area contributed by atoms with Crippen LogP contribution >= 0.6 is 24.0 Å². The van der Waals surface area contributed by atoms with E-state index in [0.717, 1.165) is 44.5 Å². The Hall–Kier alpha value is -0.530. The quantitative estimate of drug-likeness (QED) is 0.384. The molecule has 0 aromatic rings. The Balaban J connectivity index is 0.00000192. The van der Waals surface area contributed by atoms with Gasteiger partial charge in [-0.05, 0) is 50.4 Å². The SMILES string of the molecule is CCNC(=NCC1(C2CC2)CC1)NC1CCN(C(=O)CC)C1.I. The number of hydrogen-bond acceptors (Lipinski definition) is 2. The molecule has 0 bridgehead atoms. The minimum atomic E-state index is 0. The van der Waals surface area contributed by atoms with Gasteiger partial charge in [-0.15, -0.1) is 24.0 Å². The molecule has 0 aromatic carbocycles. The highest BCUT2D eigenvalue weighted by atomic mass is 127. The highest BCUT2D eigenvalue weighted by Gasteiger charge is 2.53. The van der Waals surface area contributed by atoms with Gasteiger partial charge in [-0.2, -0.15) is 0 Å². The largest absolute Gasteiger partial charge is 0.357 e. The Morgan fingerprint density at radius 1 is 1.26 bits per heavy atom. The monoisotopic (exact) mass is 434 g/mol. The number of aliphatic imine (C=N–C) groups is 1. The Bertz CT molecular complexity index is 446. The van der Waals surface area contributed by atoms with Crippen molar-refractivity contribution in [2.45, 2.75) is 58.4 Å². The summed E-state index contributed by atoms with van der Waals surface area (Å²) in [6.45, 7) is 7.57. The van der Waals surface area contributed by atoms with E-state index in [1.54, 1.807) is 0 Å². The third-order valence-corrected chi connectivity index (χ3v) is 5.42. The molecule has 3 rings (SSSR count). The van der Waals surface area contributed by atoms with Gasteiger partial charge in [0, 0.05) is 38.6 Å². The predicted molar refractivity (Wildman–Crippen MR) is 104 cm³/mol. The molecule has 2 saturated carbocycles. The lowest BCUT2D eigenvalue weighted by atomic mass is 10.0. The molecule has 132 valence electrons. The zero-order chi connectivity index (χ0) is 15.6. The van der Waals surface area contributed by atoms with Gasteiger partial charge in [0.1, 0.15) is 0 Å². The summed E-state index contributed by atoms with van der Waals surface area (Å²) in [5.41, 5.74) is 0.544. The third-order valence-electron chi connectivity index (χ3n) is 5.42. The number of likely N-dealkylation sites (tertiary alicyclic amines) is 1. The molecule has 3 fully saturated rings. The van der Waals surface area contributed by atoms with Crippen LogP contribution in [0.1, 0.15) is 52.4 Å². The summed E-state index contributed by atoms with van der Waals surface area (Å²) in [6.07, 6.45) is 7.17. The first-order valence-corrected chi connectivity index (χ1v) is 8.99. The van der Waals surface area contributed by atoms with Gasteiger partial charge >= 0.3 is 0 Å². The van der Waals surface area contributed by atoms with Crippen molar-refractivity contribution in [2.75, 3.05) is 26.2 Å². The van der Waals surface area contributed by atoms with Crippen molar-refractivity contribution in [2.24, 2.45) is 16.3 Å². The van der Waals surface area contributed by atoms with Gasteiger partial charge in [0.25, 0.3) is 0 Å². The molecule has 1 saturated heterocycles. The van der Waals surface area contributed by atoms with Gasteiger partial charge in [0.2, 0.25) is 5.91 Å². The minimum absolute atomic E-state index is 0. The van der Waals surface area contributed by atoms with Gasteiger partial charge in [-0.25, -0.2) is 0 Å². The van der Waals surface area contributed by atoms with Gasteiger partial charge in [-0.1, -0.05) is 6.92 Å². The van der Waals surface area contributed by atoms with Crippen LogP contribution in [0.3, 0.4) is 0 Å². The second-order valence-corrected chi connectivity index (χ2v) is 7.16. The summed E-state index contributed by atoms with van der Waals surface area (Å²) < 4.78 is 0. The Morgan fingerprint density at radius 3 is 2.57 bits per heavy atom. The predicted octanol–water partition coefficient (Wildman–Crippen LogP) is 2.36. The van der Waals surface area contributed by atoms with Crippen molar-refractivity contribution < 1.29 is 4.79 Å². The highest BCUT2D eigenvalue weighted by Crippen LogP contribution is 2.61. The van der Waals surface area contributed by atoms with E-state index in [2.05, 4.69) is 17.6 Å². The average molecular weight is 434 g/mol. The summed E-state index contributed by atoms with van der Waals surface area (Å²) in [6, 6.07) is 0.337. The lowest BCUT2D eigenvalue weighted by Crippen LogP contribution is -2.45. The normalized spacial score (nSPS) is 25.7. The van der Waals surface area contributed by atoms with Crippen LogP contribution in [0, 0.1) is 11.3 Å². The van der Waals surface area contributed by atoms with E-state index in [1.807, 2.05) is 11.8 Å². The topological polar surface area (TPSA) is 56.7 Å². The smallest absolute Gasteiger partial charge is 0.222 e. The number of hydrogen-bond donors (Lipinski definition) is 2. The van der Waals surface area contributed by atoms with Crippen molar-refractivity contribution in [3.05, 3.63) is 0 Å². The summed E-state index contributed by atoms with van der Waals surface area (Å²) in [5.74, 6) is 2.14. The molecule has 0 radical (unpaired) electrons. The second kappa shape index (κ2) is 8.03. The summed E-state index contributed by atoms with van der Waals surface area (Å²) in [7, 11) is 0. The van der Waals surface area contributed by atoms with Crippen LogP contribution in [0.5, 0.6) is 0 Å². The van der Waals surface area contributed by atoms with Crippen LogP contribution in [0.4, 0.5) is 0 Å². The Labute approximate surface area is 157 Å². The maximum absolute atomic E-state index is 11.8. The molecular formula is C17H31IN4O. The highest BCUT2D eigenvalue weighted by molar-refractivity contribution is 14.0. The molecule has 23 heavy (non-hydrogen) atoms. The van der Waals surface area contributed by atoms with E-state index in [1.165, 1.54) is 25.7 Å². The fraction of sp³-hybridized carbons (Fsp3) is 0.882. The first kappa shape index (κ1) is 18.8. The van der Waals surface area contributed by atoms with E-state index < -0.39 is 0 Å². The van der Waals surface area contributed by atoms with E-state index in [0.29, 0.717) is 17.9 Å².